The maximum Gasteiger partial charge on any atom is 0.245 e. The summed E-state index contributed by atoms with van der Waals surface area (Å²) in [7, 11) is -0.0212. The van der Waals surface area contributed by atoms with E-state index < -0.39 is 8.32 Å². The first-order valence-electron chi connectivity index (χ1n) is 9.57. The van der Waals surface area contributed by atoms with Crippen molar-refractivity contribution >= 4 is 20.2 Å². The molecular formula is C21H31N3O2Si. The molecule has 0 radical (unpaired) electrons. The lowest BCUT2D eigenvalue weighted by atomic mass is 10.1. The van der Waals surface area contributed by atoms with Crippen LogP contribution in [0, 0.1) is 0 Å². The largest absolute Gasteiger partial charge is 0.544 e. The molecule has 27 heavy (non-hydrogen) atoms. The van der Waals surface area contributed by atoms with Crippen molar-refractivity contribution in [1.82, 2.24) is 4.98 Å². The first kappa shape index (κ1) is 21.0. The van der Waals surface area contributed by atoms with Crippen LogP contribution >= 0.6 is 0 Å². The van der Waals surface area contributed by atoms with E-state index in [2.05, 4.69) is 41.6 Å². The second kappa shape index (κ2) is 10.7. The fourth-order valence-electron chi connectivity index (χ4n) is 2.76. The molecule has 0 aliphatic rings. The van der Waals surface area contributed by atoms with E-state index >= 15 is 0 Å². The minimum Gasteiger partial charge on any atom is -0.544 e. The highest BCUT2D eigenvalue weighted by atomic mass is 28.4. The highest BCUT2D eigenvalue weighted by molar-refractivity contribution is 6.71. The van der Waals surface area contributed by atoms with E-state index in [4.69, 9.17) is 9.16 Å². The number of aromatic nitrogens is 1. The van der Waals surface area contributed by atoms with Gasteiger partial charge in [0.2, 0.25) is 8.32 Å². The molecule has 1 aromatic carbocycles. The third kappa shape index (κ3) is 7.42. The molecule has 0 bridgehead atoms. The summed E-state index contributed by atoms with van der Waals surface area (Å²) >= 11 is 0. The summed E-state index contributed by atoms with van der Waals surface area (Å²) in [5.41, 5.74) is 5.10. The van der Waals surface area contributed by atoms with Crippen LogP contribution in [0.25, 0.3) is 0 Å². The number of ether oxygens (including phenoxy) is 1. The second-order valence-electron chi connectivity index (χ2n) is 7.14. The van der Waals surface area contributed by atoms with Crippen LogP contribution in [0.1, 0.15) is 31.7 Å². The van der Waals surface area contributed by atoms with Crippen molar-refractivity contribution in [2.24, 2.45) is 5.10 Å². The van der Waals surface area contributed by atoms with Gasteiger partial charge in [0.1, 0.15) is 11.5 Å². The predicted octanol–water partition coefficient (Wildman–Crippen LogP) is 5.50. The van der Waals surface area contributed by atoms with Gasteiger partial charge in [-0.25, -0.2) is 0 Å². The topological polar surface area (TPSA) is 55.7 Å². The smallest absolute Gasteiger partial charge is 0.245 e. The molecule has 5 nitrogen and oxygen atoms in total. The summed E-state index contributed by atoms with van der Waals surface area (Å²) in [6.45, 7) is 6.80. The van der Waals surface area contributed by atoms with Gasteiger partial charge in [0, 0.05) is 18.6 Å². The van der Waals surface area contributed by atoms with Crippen molar-refractivity contribution < 1.29 is 9.16 Å². The van der Waals surface area contributed by atoms with Crippen molar-refractivity contribution in [3.05, 3.63) is 48.3 Å². The SMILES string of the molecule is CCCC[Si](C)(C)Oc1ccc(OC)cc1CCC=NNc1ccncc1. The second-order valence-corrected chi connectivity index (χ2v) is 11.4. The zero-order valence-electron chi connectivity index (χ0n) is 16.9. The number of rotatable bonds is 11. The number of nitrogens with zero attached hydrogens (tertiary/aromatic N) is 2. The van der Waals surface area contributed by atoms with Crippen LogP contribution in [0.5, 0.6) is 11.5 Å². The predicted molar refractivity (Wildman–Crippen MR) is 115 cm³/mol. The Morgan fingerprint density at radius 2 is 1.96 bits per heavy atom. The van der Waals surface area contributed by atoms with E-state index in [1.165, 1.54) is 24.4 Å². The number of anilines is 1. The van der Waals surface area contributed by atoms with Gasteiger partial charge in [0.25, 0.3) is 0 Å². The molecule has 1 aromatic heterocycles. The van der Waals surface area contributed by atoms with Gasteiger partial charge >= 0.3 is 0 Å². The van der Waals surface area contributed by atoms with E-state index in [-0.39, 0.29) is 0 Å². The molecule has 0 atom stereocenters. The third-order valence-corrected chi connectivity index (χ3v) is 6.62. The molecule has 1 N–H and O–H groups in total. The molecular weight excluding hydrogens is 354 g/mol. The molecule has 0 saturated heterocycles. The normalized spacial score (nSPS) is 11.6. The summed E-state index contributed by atoms with van der Waals surface area (Å²) in [5.74, 6) is 1.84. The molecule has 0 aliphatic heterocycles. The van der Waals surface area contributed by atoms with Gasteiger partial charge < -0.3 is 9.16 Å². The van der Waals surface area contributed by atoms with E-state index in [0.717, 1.165) is 30.0 Å². The Morgan fingerprint density at radius 1 is 1.19 bits per heavy atom. The Labute approximate surface area is 164 Å². The number of unbranched alkanes of at least 4 members (excludes halogenated alkanes) is 1. The van der Waals surface area contributed by atoms with Crippen LogP contribution < -0.4 is 14.6 Å². The quantitative estimate of drug-likeness (QED) is 0.315. The van der Waals surface area contributed by atoms with Crippen LogP contribution in [0.15, 0.2) is 47.8 Å². The van der Waals surface area contributed by atoms with E-state index in [9.17, 15) is 0 Å². The Bertz CT molecular complexity index is 721. The number of hydrazone groups is 1. The zero-order valence-corrected chi connectivity index (χ0v) is 17.9. The van der Waals surface area contributed by atoms with Crippen molar-refractivity contribution in [2.75, 3.05) is 12.5 Å². The van der Waals surface area contributed by atoms with Gasteiger partial charge in [-0.3, -0.25) is 10.4 Å². The van der Waals surface area contributed by atoms with Crippen LogP contribution in [0.3, 0.4) is 0 Å². The lowest BCUT2D eigenvalue weighted by Gasteiger charge is -2.26. The Hall–Kier alpha value is -2.34. The summed E-state index contributed by atoms with van der Waals surface area (Å²) in [4.78, 5) is 3.99. The van der Waals surface area contributed by atoms with E-state index in [1.807, 2.05) is 30.5 Å². The van der Waals surface area contributed by atoms with Crippen LogP contribution in [-0.2, 0) is 6.42 Å². The van der Waals surface area contributed by atoms with Gasteiger partial charge in [-0.05, 0) is 67.9 Å². The molecule has 1 heterocycles. The highest BCUT2D eigenvalue weighted by Crippen LogP contribution is 2.29. The monoisotopic (exact) mass is 385 g/mol. The van der Waals surface area contributed by atoms with Gasteiger partial charge in [0.05, 0.1) is 12.8 Å². The number of methoxy groups -OCH3 is 1. The van der Waals surface area contributed by atoms with E-state index in [0.29, 0.717) is 0 Å². The number of pyridine rings is 1. The lowest BCUT2D eigenvalue weighted by molar-refractivity contribution is 0.413. The first-order valence-corrected chi connectivity index (χ1v) is 12.7. The maximum absolute atomic E-state index is 6.48. The number of hydrogen-bond donors (Lipinski definition) is 1. The fourth-order valence-corrected chi connectivity index (χ4v) is 4.86. The minimum atomic E-state index is -1.72. The van der Waals surface area contributed by atoms with Crippen molar-refractivity contribution in [1.29, 1.82) is 0 Å². The molecule has 146 valence electrons. The number of nitrogens with one attached hydrogen (secondary N) is 1. The maximum atomic E-state index is 6.48. The number of aryl methyl sites for hydroxylation is 1. The molecule has 2 aromatic rings. The number of benzene rings is 1. The molecule has 0 aliphatic carbocycles. The van der Waals surface area contributed by atoms with Gasteiger partial charge in [0.15, 0.2) is 0 Å². The van der Waals surface area contributed by atoms with Crippen molar-refractivity contribution in [3.8, 4) is 11.5 Å². The summed E-state index contributed by atoms with van der Waals surface area (Å²) in [6, 6.07) is 11.0. The first-order chi connectivity index (χ1) is 13.0. The summed E-state index contributed by atoms with van der Waals surface area (Å²) in [5, 5.41) is 4.28. The van der Waals surface area contributed by atoms with Gasteiger partial charge in [-0.2, -0.15) is 5.10 Å². The summed E-state index contributed by atoms with van der Waals surface area (Å²) in [6.07, 6.45) is 9.46. The Morgan fingerprint density at radius 3 is 2.67 bits per heavy atom. The Kier molecular flexibility index (Phi) is 8.32. The molecule has 0 unspecified atom stereocenters. The fraction of sp³-hybridized carbons (Fsp3) is 0.429. The van der Waals surface area contributed by atoms with Crippen LogP contribution in [0.2, 0.25) is 19.1 Å². The summed E-state index contributed by atoms with van der Waals surface area (Å²) < 4.78 is 11.9. The van der Waals surface area contributed by atoms with Crippen molar-refractivity contribution in [2.45, 2.75) is 51.7 Å². The van der Waals surface area contributed by atoms with E-state index in [1.54, 1.807) is 19.5 Å². The average molecular weight is 386 g/mol. The molecule has 0 fully saturated rings. The van der Waals surface area contributed by atoms with Crippen LogP contribution in [0.4, 0.5) is 5.69 Å². The Balaban J connectivity index is 1.98. The molecule has 0 spiro atoms. The highest BCUT2D eigenvalue weighted by Gasteiger charge is 2.24. The average Bonchev–Trinajstić information content (AvgIpc) is 2.68. The molecule has 2 rings (SSSR count). The minimum absolute atomic E-state index is 0.818. The lowest BCUT2D eigenvalue weighted by Crippen LogP contribution is -2.34. The van der Waals surface area contributed by atoms with Crippen LogP contribution in [-0.4, -0.2) is 26.6 Å². The van der Waals surface area contributed by atoms with Crippen molar-refractivity contribution in [3.63, 3.8) is 0 Å². The zero-order chi connectivity index (χ0) is 19.5. The third-order valence-electron chi connectivity index (χ3n) is 4.29. The molecule has 0 saturated carbocycles. The number of hydrogen-bond acceptors (Lipinski definition) is 5. The molecule has 0 amide bonds. The standard InChI is InChI=1S/C21H31N3O2Si/c1-5-6-16-27(3,4)26-21-10-9-20(25-2)17-18(21)8-7-13-23-24-19-11-14-22-15-12-19/h9-15,17H,5-8,16H2,1-4H3,(H,22,24). The van der Waals surface area contributed by atoms with Gasteiger partial charge in [-0.15, -0.1) is 0 Å². The van der Waals surface area contributed by atoms with Gasteiger partial charge in [-0.1, -0.05) is 19.8 Å². The molecule has 6 heteroatoms.